The van der Waals surface area contributed by atoms with Crippen molar-refractivity contribution >= 4 is 35.7 Å². The van der Waals surface area contributed by atoms with Crippen LogP contribution in [-0.4, -0.2) is 53.7 Å². The maximum absolute atomic E-state index is 13.4. The van der Waals surface area contributed by atoms with E-state index >= 15 is 0 Å². The molecule has 34 heavy (non-hydrogen) atoms. The number of carbonyl (C=O) groups is 5. The molecule has 1 aliphatic heterocycles. The Kier molecular flexibility index (Phi) is 8.50. The lowest BCUT2D eigenvalue weighted by Crippen LogP contribution is -2.51. The maximum Gasteiger partial charge on any atom is 0.305 e. The van der Waals surface area contributed by atoms with Crippen molar-refractivity contribution in [1.82, 2.24) is 10.6 Å². The highest BCUT2D eigenvalue weighted by Gasteiger charge is 2.32. The second-order valence-electron chi connectivity index (χ2n) is 8.11. The fourth-order valence-electron chi connectivity index (χ4n) is 3.90. The molecule has 0 aromatic heterocycles. The monoisotopic (exact) mass is 465 g/mol. The molecule has 2 aromatic rings. The Morgan fingerprint density at radius 1 is 1.06 bits per heavy atom. The number of aliphatic carboxylic acids is 1. The average molecular weight is 466 g/mol. The van der Waals surface area contributed by atoms with Gasteiger partial charge in [-0.05, 0) is 36.5 Å². The third-order valence-electron chi connectivity index (χ3n) is 5.57. The number of nitrogens with zero attached hydrogens (tertiary/aromatic N) is 1. The van der Waals surface area contributed by atoms with Crippen LogP contribution >= 0.6 is 0 Å². The van der Waals surface area contributed by atoms with Crippen molar-refractivity contribution < 1.29 is 29.1 Å². The molecule has 0 saturated carbocycles. The second-order valence-corrected chi connectivity index (χ2v) is 8.11. The number of nitrogens with one attached hydrogen (secondary N) is 2. The van der Waals surface area contributed by atoms with E-state index in [0.717, 1.165) is 11.1 Å². The quantitative estimate of drug-likeness (QED) is 0.452. The largest absolute Gasteiger partial charge is 0.481 e. The fourth-order valence-corrected chi connectivity index (χ4v) is 3.90. The van der Waals surface area contributed by atoms with E-state index in [0.29, 0.717) is 31.2 Å². The van der Waals surface area contributed by atoms with Crippen LogP contribution < -0.4 is 15.5 Å². The minimum absolute atomic E-state index is 0.220. The van der Waals surface area contributed by atoms with Crippen LogP contribution in [-0.2, 0) is 36.8 Å². The molecule has 178 valence electrons. The predicted octanol–water partition coefficient (Wildman–Crippen LogP) is 1.24. The Labute approximate surface area is 197 Å². The predicted molar refractivity (Wildman–Crippen MR) is 124 cm³/mol. The number of hydrogen-bond acceptors (Lipinski definition) is 5. The van der Waals surface area contributed by atoms with Crippen LogP contribution in [0.2, 0.25) is 0 Å². The van der Waals surface area contributed by atoms with E-state index in [4.69, 9.17) is 5.11 Å². The first-order chi connectivity index (χ1) is 16.4. The van der Waals surface area contributed by atoms with Crippen molar-refractivity contribution in [3.8, 4) is 0 Å². The number of hydrogen-bond donors (Lipinski definition) is 3. The van der Waals surface area contributed by atoms with E-state index in [1.165, 1.54) is 4.90 Å². The lowest BCUT2D eigenvalue weighted by molar-refractivity contribution is -0.138. The summed E-state index contributed by atoms with van der Waals surface area (Å²) in [6.45, 7) is -0.407. The van der Waals surface area contributed by atoms with Crippen molar-refractivity contribution in [2.45, 2.75) is 44.2 Å². The Bertz CT molecular complexity index is 1060. The Balaban J connectivity index is 1.70. The molecule has 0 spiro atoms. The summed E-state index contributed by atoms with van der Waals surface area (Å²) < 4.78 is 0. The summed E-state index contributed by atoms with van der Waals surface area (Å²) in [4.78, 5) is 61.8. The molecule has 1 aliphatic rings. The number of carbonyl (C=O) groups excluding carboxylic acids is 4. The van der Waals surface area contributed by atoms with Crippen LogP contribution in [0.5, 0.6) is 0 Å². The zero-order valence-corrected chi connectivity index (χ0v) is 18.6. The molecule has 2 aromatic carbocycles. The van der Waals surface area contributed by atoms with Crippen molar-refractivity contribution in [3.05, 3.63) is 65.7 Å². The smallest absolute Gasteiger partial charge is 0.305 e. The van der Waals surface area contributed by atoms with Crippen LogP contribution in [0.25, 0.3) is 0 Å². The molecule has 3 rings (SSSR count). The van der Waals surface area contributed by atoms with E-state index in [-0.39, 0.29) is 12.3 Å². The Morgan fingerprint density at radius 2 is 1.76 bits per heavy atom. The lowest BCUT2D eigenvalue weighted by Gasteiger charge is -2.26. The molecule has 3 N–H and O–H groups in total. The zero-order valence-electron chi connectivity index (χ0n) is 18.6. The minimum atomic E-state index is -1.23. The van der Waals surface area contributed by atoms with Crippen molar-refractivity contribution in [2.24, 2.45) is 0 Å². The number of carboxylic acid groups (broad SMARTS) is 1. The van der Waals surface area contributed by atoms with Crippen molar-refractivity contribution in [3.63, 3.8) is 0 Å². The molecule has 9 heteroatoms. The van der Waals surface area contributed by atoms with E-state index in [1.54, 1.807) is 12.1 Å². The number of para-hydroxylation sites is 1. The van der Waals surface area contributed by atoms with E-state index in [2.05, 4.69) is 10.6 Å². The number of anilines is 1. The third-order valence-corrected chi connectivity index (χ3v) is 5.57. The van der Waals surface area contributed by atoms with Crippen molar-refractivity contribution in [2.75, 3.05) is 11.4 Å². The average Bonchev–Trinajstić information content (AvgIpc) is 2.95. The van der Waals surface area contributed by atoms with Gasteiger partial charge in [0.25, 0.3) is 0 Å². The number of rotatable bonds is 10. The molecule has 0 bridgehead atoms. The molecular formula is C25H27N3O6. The number of aldehydes is 1. The Morgan fingerprint density at radius 3 is 2.47 bits per heavy atom. The van der Waals surface area contributed by atoms with Gasteiger partial charge in [-0.1, -0.05) is 48.5 Å². The summed E-state index contributed by atoms with van der Waals surface area (Å²) in [7, 11) is 0. The van der Waals surface area contributed by atoms with Gasteiger partial charge in [0, 0.05) is 12.1 Å². The summed E-state index contributed by atoms with van der Waals surface area (Å²) >= 11 is 0. The van der Waals surface area contributed by atoms with Crippen LogP contribution in [0.3, 0.4) is 0 Å². The summed E-state index contributed by atoms with van der Waals surface area (Å²) in [5, 5.41) is 14.0. The summed E-state index contributed by atoms with van der Waals surface area (Å²) in [5.41, 5.74) is 2.41. The highest BCUT2D eigenvalue weighted by atomic mass is 16.4. The fraction of sp³-hybridized carbons (Fsp3) is 0.320. The van der Waals surface area contributed by atoms with Crippen LogP contribution in [0.15, 0.2) is 54.6 Å². The summed E-state index contributed by atoms with van der Waals surface area (Å²) in [6.07, 6.45) is 1.45. The number of fused-ring (bicyclic) bond motifs is 1. The zero-order chi connectivity index (χ0) is 24.5. The molecule has 0 aliphatic carbocycles. The number of carboxylic acids is 1. The van der Waals surface area contributed by atoms with Crippen LogP contribution in [0.4, 0.5) is 5.69 Å². The van der Waals surface area contributed by atoms with Gasteiger partial charge in [-0.2, -0.15) is 0 Å². The third kappa shape index (κ3) is 6.74. The molecule has 3 amide bonds. The number of benzene rings is 2. The summed E-state index contributed by atoms with van der Waals surface area (Å²) in [5.74, 6) is -2.60. The highest BCUT2D eigenvalue weighted by molar-refractivity contribution is 6.04. The van der Waals surface area contributed by atoms with E-state index in [1.807, 2.05) is 42.5 Å². The number of aryl methyl sites for hydroxylation is 2. The van der Waals surface area contributed by atoms with E-state index in [9.17, 15) is 24.0 Å². The van der Waals surface area contributed by atoms with Gasteiger partial charge in [0.05, 0.1) is 12.5 Å². The molecule has 0 radical (unpaired) electrons. The van der Waals surface area contributed by atoms with Gasteiger partial charge < -0.3 is 25.4 Å². The molecular weight excluding hydrogens is 438 g/mol. The maximum atomic E-state index is 13.4. The van der Waals surface area contributed by atoms with Gasteiger partial charge in [-0.15, -0.1) is 0 Å². The number of amides is 3. The SMILES string of the molecule is O=CC(CC(=O)O)NC(=O)CN1C(=O)[C@@H](NC(=O)CCc2ccccc2)CCc2ccccc21. The van der Waals surface area contributed by atoms with Crippen LogP contribution in [0.1, 0.15) is 30.4 Å². The standard InChI is InChI=1S/C25H27N3O6/c29-16-19(14-24(32)33)26-23(31)15-28-21-9-5-4-8-18(21)11-12-20(25(28)34)27-22(30)13-10-17-6-2-1-3-7-17/h1-9,16,19-20H,10-15H2,(H,26,31)(H,27,30)(H,32,33)/t19?,20-/m0/s1. The minimum Gasteiger partial charge on any atom is -0.481 e. The van der Waals surface area contributed by atoms with Gasteiger partial charge >= 0.3 is 5.97 Å². The molecule has 1 heterocycles. The normalized spacial score (nSPS) is 16.1. The highest BCUT2D eigenvalue weighted by Crippen LogP contribution is 2.27. The van der Waals surface area contributed by atoms with Crippen molar-refractivity contribution in [1.29, 1.82) is 0 Å². The Hall–Kier alpha value is -4.01. The van der Waals surface area contributed by atoms with E-state index < -0.39 is 42.8 Å². The van der Waals surface area contributed by atoms with Crippen LogP contribution in [0, 0.1) is 0 Å². The topological polar surface area (TPSA) is 133 Å². The van der Waals surface area contributed by atoms with Gasteiger partial charge in [0.1, 0.15) is 18.9 Å². The second kappa shape index (κ2) is 11.7. The molecule has 2 atom stereocenters. The first-order valence-corrected chi connectivity index (χ1v) is 11.1. The molecule has 1 unspecified atom stereocenters. The molecule has 0 fully saturated rings. The van der Waals surface area contributed by atoms with Gasteiger partial charge in [0.15, 0.2) is 0 Å². The first-order valence-electron chi connectivity index (χ1n) is 11.1. The first kappa shape index (κ1) is 24.6. The summed E-state index contributed by atoms with van der Waals surface area (Å²) in [6, 6.07) is 14.7. The molecule has 0 saturated heterocycles. The van der Waals surface area contributed by atoms with Gasteiger partial charge in [-0.3, -0.25) is 19.2 Å². The van der Waals surface area contributed by atoms with Gasteiger partial charge in [0.2, 0.25) is 17.7 Å². The molecule has 9 nitrogen and oxygen atoms in total. The van der Waals surface area contributed by atoms with Gasteiger partial charge in [-0.25, -0.2) is 0 Å². The lowest BCUT2D eigenvalue weighted by atomic mass is 10.1.